The number of hydrogen-bond donors (Lipinski definition) is 2. The van der Waals surface area contributed by atoms with Crippen LogP contribution in [0.2, 0.25) is 0 Å². The number of nitrogens with one attached hydrogen (secondary N) is 1. The summed E-state index contributed by atoms with van der Waals surface area (Å²) in [7, 11) is 1.92. The molecule has 0 bridgehead atoms. The fraction of sp³-hybridized carbons (Fsp3) is 0.462. The molecule has 0 unspecified atom stereocenters. The number of phenols is 1. The van der Waals surface area contributed by atoms with E-state index in [4.69, 9.17) is 5.41 Å². The van der Waals surface area contributed by atoms with Gasteiger partial charge in [0.05, 0.1) is 5.84 Å². The lowest BCUT2D eigenvalue weighted by Gasteiger charge is -2.18. The molecule has 0 aliphatic carbocycles. The fourth-order valence-corrected chi connectivity index (χ4v) is 1.59. The molecule has 1 aromatic rings. The van der Waals surface area contributed by atoms with Crippen LogP contribution in [0.5, 0.6) is 5.75 Å². The van der Waals surface area contributed by atoms with Crippen LogP contribution in [0.15, 0.2) is 12.1 Å². The van der Waals surface area contributed by atoms with E-state index in [9.17, 15) is 5.11 Å². The Labute approximate surface area is 97.2 Å². The zero-order chi connectivity index (χ0) is 12.3. The minimum absolute atomic E-state index is 0.359. The van der Waals surface area contributed by atoms with E-state index >= 15 is 0 Å². The van der Waals surface area contributed by atoms with Gasteiger partial charge in [-0.25, -0.2) is 0 Å². The molecule has 1 aromatic carbocycles. The highest BCUT2D eigenvalue weighted by Crippen LogP contribution is 2.21. The Kier molecular flexibility index (Phi) is 3.93. The highest BCUT2D eigenvalue weighted by Gasteiger charge is 2.05. The van der Waals surface area contributed by atoms with Gasteiger partial charge in [0.1, 0.15) is 5.75 Å². The number of likely N-dealkylation sites (N-methyl/N-ethyl adjacent to an activating group) is 1. The van der Waals surface area contributed by atoms with Gasteiger partial charge < -0.3 is 10.0 Å². The minimum atomic E-state index is 0.359. The molecule has 88 valence electrons. The standard InChI is InChI=1S/C13H20N2O/c1-9-8-13(16)10(2)7-12(9)5-6-15(4)11(3)14/h7-8,14,16H,5-6H2,1-4H3. The summed E-state index contributed by atoms with van der Waals surface area (Å²) in [5.41, 5.74) is 3.26. The molecule has 2 N–H and O–H groups in total. The molecular weight excluding hydrogens is 200 g/mol. The number of aryl methyl sites for hydroxylation is 2. The maximum atomic E-state index is 9.55. The van der Waals surface area contributed by atoms with Crippen molar-refractivity contribution in [2.75, 3.05) is 13.6 Å². The van der Waals surface area contributed by atoms with Gasteiger partial charge in [-0.3, -0.25) is 5.41 Å². The summed E-state index contributed by atoms with van der Waals surface area (Å²) in [5, 5.41) is 17.0. The summed E-state index contributed by atoms with van der Waals surface area (Å²) >= 11 is 0. The van der Waals surface area contributed by atoms with Crippen molar-refractivity contribution in [2.24, 2.45) is 0 Å². The molecule has 0 aliphatic rings. The van der Waals surface area contributed by atoms with Gasteiger partial charge >= 0.3 is 0 Å². The van der Waals surface area contributed by atoms with Gasteiger partial charge in [0.25, 0.3) is 0 Å². The summed E-state index contributed by atoms with van der Waals surface area (Å²) < 4.78 is 0. The molecule has 3 nitrogen and oxygen atoms in total. The molecule has 0 radical (unpaired) electrons. The molecule has 0 fully saturated rings. The molecular formula is C13H20N2O. The third-order valence-corrected chi connectivity index (χ3v) is 2.94. The predicted molar refractivity (Wildman–Crippen MR) is 67.3 cm³/mol. The van der Waals surface area contributed by atoms with Crippen LogP contribution in [0, 0.1) is 19.3 Å². The molecule has 16 heavy (non-hydrogen) atoms. The molecule has 1 rings (SSSR count). The monoisotopic (exact) mass is 220 g/mol. The lowest BCUT2D eigenvalue weighted by Crippen LogP contribution is -2.25. The quantitative estimate of drug-likeness (QED) is 0.607. The number of amidine groups is 1. The number of phenolic OH excluding ortho intramolecular Hbond substituents is 1. The summed E-state index contributed by atoms with van der Waals surface area (Å²) in [4.78, 5) is 1.92. The topological polar surface area (TPSA) is 47.3 Å². The lowest BCUT2D eigenvalue weighted by molar-refractivity contribution is 0.469. The van der Waals surface area contributed by atoms with Crippen LogP contribution in [0.1, 0.15) is 23.6 Å². The largest absolute Gasteiger partial charge is 0.508 e. The van der Waals surface area contributed by atoms with Crippen LogP contribution in [-0.2, 0) is 6.42 Å². The number of hydrogen-bond acceptors (Lipinski definition) is 2. The van der Waals surface area contributed by atoms with Crippen LogP contribution >= 0.6 is 0 Å². The third-order valence-electron chi connectivity index (χ3n) is 2.94. The van der Waals surface area contributed by atoms with E-state index in [1.165, 1.54) is 5.56 Å². The highest BCUT2D eigenvalue weighted by molar-refractivity contribution is 5.75. The first kappa shape index (κ1) is 12.6. The fourth-order valence-electron chi connectivity index (χ4n) is 1.59. The average Bonchev–Trinajstić information content (AvgIpc) is 2.20. The Bertz CT molecular complexity index is 399. The smallest absolute Gasteiger partial charge is 0.118 e. The molecule has 0 aromatic heterocycles. The number of rotatable bonds is 3. The van der Waals surface area contributed by atoms with Gasteiger partial charge in [0.15, 0.2) is 0 Å². The molecule has 0 amide bonds. The molecule has 0 saturated carbocycles. The van der Waals surface area contributed by atoms with Crippen LogP contribution < -0.4 is 0 Å². The van der Waals surface area contributed by atoms with Crippen LogP contribution in [0.4, 0.5) is 0 Å². The van der Waals surface area contributed by atoms with Gasteiger partial charge in [-0.2, -0.15) is 0 Å². The Morgan fingerprint density at radius 1 is 1.31 bits per heavy atom. The van der Waals surface area contributed by atoms with Crippen molar-refractivity contribution in [3.63, 3.8) is 0 Å². The average molecular weight is 220 g/mol. The first-order valence-corrected chi connectivity index (χ1v) is 5.47. The van der Waals surface area contributed by atoms with Crippen molar-refractivity contribution in [1.82, 2.24) is 4.90 Å². The number of benzene rings is 1. The first-order chi connectivity index (χ1) is 7.41. The van der Waals surface area contributed by atoms with Crippen molar-refractivity contribution in [3.8, 4) is 5.75 Å². The van der Waals surface area contributed by atoms with Gasteiger partial charge in [0.2, 0.25) is 0 Å². The maximum absolute atomic E-state index is 9.55. The zero-order valence-electron chi connectivity index (χ0n) is 10.5. The molecule has 0 spiro atoms. The second kappa shape index (κ2) is 5.01. The Morgan fingerprint density at radius 2 is 1.94 bits per heavy atom. The summed E-state index contributed by atoms with van der Waals surface area (Å²) in [5.74, 6) is 0.936. The van der Waals surface area contributed by atoms with E-state index in [0.29, 0.717) is 11.6 Å². The number of aromatic hydroxyl groups is 1. The summed E-state index contributed by atoms with van der Waals surface area (Å²) in [6, 6.07) is 3.83. The van der Waals surface area contributed by atoms with E-state index in [-0.39, 0.29) is 0 Å². The van der Waals surface area contributed by atoms with Gasteiger partial charge in [-0.15, -0.1) is 0 Å². The molecule has 0 aliphatic heterocycles. The van der Waals surface area contributed by atoms with Crippen molar-refractivity contribution in [3.05, 3.63) is 28.8 Å². The summed E-state index contributed by atoms with van der Waals surface area (Å²) in [6.07, 6.45) is 0.902. The number of nitrogens with zero attached hydrogens (tertiary/aromatic N) is 1. The van der Waals surface area contributed by atoms with E-state index in [1.807, 2.05) is 37.9 Å². The van der Waals surface area contributed by atoms with Crippen molar-refractivity contribution >= 4 is 5.84 Å². The maximum Gasteiger partial charge on any atom is 0.118 e. The summed E-state index contributed by atoms with van der Waals surface area (Å²) in [6.45, 7) is 6.53. The van der Waals surface area contributed by atoms with Gasteiger partial charge in [0, 0.05) is 13.6 Å². The Balaban J connectivity index is 2.74. The van der Waals surface area contributed by atoms with Gasteiger partial charge in [-0.05, 0) is 49.9 Å². The van der Waals surface area contributed by atoms with Crippen molar-refractivity contribution in [2.45, 2.75) is 27.2 Å². The third kappa shape index (κ3) is 2.99. The van der Waals surface area contributed by atoms with E-state index in [0.717, 1.165) is 24.1 Å². The second-order valence-corrected chi connectivity index (χ2v) is 4.32. The molecule has 0 atom stereocenters. The van der Waals surface area contributed by atoms with Crippen molar-refractivity contribution < 1.29 is 5.11 Å². The van der Waals surface area contributed by atoms with Gasteiger partial charge in [-0.1, -0.05) is 6.07 Å². The second-order valence-electron chi connectivity index (χ2n) is 4.32. The zero-order valence-corrected chi connectivity index (χ0v) is 10.5. The van der Waals surface area contributed by atoms with Crippen LogP contribution in [-0.4, -0.2) is 29.4 Å². The lowest BCUT2D eigenvalue weighted by atomic mass is 10.0. The predicted octanol–water partition coefficient (Wildman–Crippen LogP) is 2.48. The van der Waals surface area contributed by atoms with Crippen LogP contribution in [0.25, 0.3) is 0 Å². The minimum Gasteiger partial charge on any atom is -0.508 e. The SMILES string of the molecule is CC(=N)N(C)CCc1cc(C)c(O)cc1C. The Hall–Kier alpha value is -1.51. The Morgan fingerprint density at radius 3 is 2.50 bits per heavy atom. The highest BCUT2D eigenvalue weighted by atomic mass is 16.3. The van der Waals surface area contributed by atoms with E-state index in [2.05, 4.69) is 0 Å². The van der Waals surface area contributed by atoms with Crippen LogP contribution in [0.3, 0.4) is 0 Å². The first-order valence-electron chi connectivity index (χ1n) is 5.47. The molecule has 3 heteroatoms. The molecule has 0 heterocycles. The normalized spacial score (nSPS) is 10.2. The van der Waals surface area contributed by atoms with E-state index < -0.39 is 0 Å². The molecule has 0 saturated heterocycles. The van der Waals surface area contributed by atoms with Crippen molar-refractivity contribution in [1.29, 1.82) is 5.41 Å². The van der Waals surface area contributed by atoms with E-state index in [1.54, 1.807) is 6.92 Å².